The van der Waals surface area contributed by atoms with Gasteiger partial charge in [-0.25, -0.2) is 4.98 Å². The van der Waals surface area contributed by atoms with E-state index >= 15 is 0 Å². The Balaban J connectivity index is 1.37. The van der Waals surface area contributed by atoms with Crippen LogP contribution in [0.1, 0.15) is 56.2 Å². The van der Waals surface area contributed by atoms with Crippen LogP contribution in [0.2, 0.25) is 5.28 Å². The highest BCUT2D eigenvalue weighted by molar-refractivity contribution is 7.51. The van der Waals surface area contributed by atoms with Crippen LogP contribution < -0.4 is 5.32 Å². The fourth-order valence-corrected chi connectivity index (χ4v) is 5.82. The lowest BCUT2D eigenvalue weighted by Gasteiger charge is -2.22. The van der Waals surface area contributed by atoms with Gasteiger partial charge in [-0.15, -0.1) is 0 Å². The van der Waals surface area contributed by atoms with Gasteiger partial charge in [0.2, 0.25) is 5.28 Å². The van der Waals surface area contributed by atoms with E-state index in [4.69, 9.17) is 26.1 Å². The molecule has 2 fully saturated rings. The zero-order valence-electron chi connectivity index (χ0n) is 19.4. The Bertz CT molecular complexity index is 1260. The number of fused-ring (bicyclic) bond motifs is 1. The van der Waals surface area contributed by atoms with Crippen molar-refractivity contribution in [2.24, 2.45) is 0 Å². The summed E-state index contributed by atoms with van der Waals surface area (Å²) in [5.74, 6) is 0.975. The molecule has 3 aromatic rings. The van der Waals surface area contributed by atoms with E-state index in [2.05, 4.69) is 32.4 Å². The normalized spacial score (nSPS) is 25.5. The molecule has 36 heavy (non-hydrogen) atoms. The van der Waals surface area contributed by atoms with Gasteiger partial charge in [0.25, 0.3) is 0 Å². The van der Waals surface area contributed by atoms with E-state index < -0.39 is 38.3 Å². The van der Waals surface area contributed by atoms with Crippen molar-refractivity contribution in [3.63, 3.8) is 0 Å². The Hall–Kier alpha value is -2.11. The highest BCUT2D eigenvalue weighted by Gasteiger charge is 2.44. The molecule has 4 unspecified atom stereocenters. The number of aliphatic hydroxyl groups is 2. The summed E-state index contributed by atoms with van der Waals surface area (Å²) in [6, 6.07) is 8.24. The van der Waals surface area contributed by atoms with Gasteiger partial charge in [-0.3, -0.25) is 9.13 Å². The lowest BCUT2D eigenvalue weighted by Crippen LogP contribution is -2.31. The number of halogens is 1. The quantitative estimate of drug-likeness (QED) is 0.223. The Morgan fingerprint density at radius 2 is 1.81 bits per heavy atom. The lowest BCUT2D eigenvalue weighted by molar-refractivity contribution is -0.0355. The number of aromatic nitrogens is 4. The van der Waals surface area contributed by atoms with Gasteiger partial charge >= 0.3 is 7.60 Å². The first-order chi connectivity index (χ1) is 17.2. The van der Waals surface area contributed by atoms with Gasteiger partial charge in [-0.05, 0) is 54.5 Å². The van der Waals surface area contributed by atoms with Crippen molar-refractivity contribution in [2.75, 3.05) is 11.5 Å². The zero-order valence-corrected chi connectivity index (χ0v) is 21.1. The molecule has 11 nitrogen and oxygen atoms in total. The van der Waals surface area contributed by atoms with Crippen molar-refractivity contribution in [3.05, 3.63) is 41.4 Å². The molecule has 0 bridgehead atoms. The minimum atomic E-state index is -4.28. The number of hydrogen-bond donors (Lipinski definition) is 5. The molecule has 1 aliphatic heterocycles. The molecular weight excluding hydrogens is 509 g/mol. The molecule has 13 heteroatoms. The summed E-state index contributed by atoms with van der Waals surface area (Å²) >= 11 is 6.20. The van der Waals surface area contributed by atoms with Crippen LogP contribution in [0.3, 0.4) is 0 Å². The highest BCUT2D eigenvalue weighted by Crippen LogP contribution is 2.40. The Kier molecular flexibility index (Phi) is 7.33. The molecule has 5 rings (SSSR count). The van der Waals surface area contributed by atoms with E-state index in [1.807, 2.05) is 12.1 Å². The van der Waals surface area contributed by atoms with Crippen molar-refractivity contribution < 1.29 is 29.3 Å². The van der Waals surface area contributed by atoms with Crippen LogP contribution in [0.25, 0.3) is 11.2 Å². The van der Waals surface area contributed by atoms with Crippen LogP contribution in [0.4, 0.5) is 11.5 Å². The molecule has 3 heterocycles. The Morgan fingerprint density at radius 1 is 1.08 bits per heavy atom. The van der Waals surface area contributed by atoms with Crippen molar-refractivity contribution in [1.29, 1.82) is 0 Å². The number of imidazole rings is 1. The summed E-state index contributed by atoms with van der Waals surface area (Å²) in [6.45, 7) is 0. The number of hydrogen-bond acceptors (Lipinski definition) is 8. The third-order valence-corrected chi connectivity index (χ3v) is 7.97. The zero-order chi connectivity index (χ0) is 25.4. The lowest BCUT2D eigenvalue weighted by atomic mass is 9.84. The average molecular weight is 538 g/mol. The third-order valence-electron chi connectivity index (χ3n) is 6.96. The number of anilines is 2. The van der Waals surface area contributed by atoms with E-state index in [-0.39, 0.29) is 17.4 Å². The molecule has 4 atom stereocenters. The van der Waals surface area contributed by atoms with Gasteiger partial charge in [0.05, 0.1) is 18.6 Å². The fourth-order valence-electron chi connectivity index (χ4n) is 5.07. The molecular formula is C23H29ClN5O6P. The van der Waals surface area contributed by atoms with Gasteiger partial charge < -0.3 is 30.1 Å². The van der Waals surface area contributed by atoms with Crippen LogP contribution in [-0.4, -0.2) is 64.0 Å². The van der Waals surface area contributed by atoms with E-state index in [9.17, 15) is 14.8 Å². The van der Waals surface area contributed by atoms with Crippen molar-refractivity contribution in [2.45, 2.75) is 69.0 Å². The molecule has 0 spiro atoms. The van der Waals surface area contributed by atoms with Gasteiger partial charge in [-0.1, -0.05) is 31.4 Å². The largest absolute Gasteiger partial charge is 0.388 e. The number of aliphatic hydroxyl groups excluding tert-OH is 2. The Labute approximate surface area is 212 Å². The van der Waals surface area contributed by atoms with Crippen molar-refractivity contribution in [3.8, 4) is 0 Å². The fraction of sp³-hybridized carbons (Fsp3) is 0.522. The molecule has 2 aliphatic rings. The summed E-state index contributed by atoms with van der Waals surface area (Å²) in [6.07, 6.45) is 2.36. The average Bonchev–Trinajstić information content (AvgIpc) is 3.39. The minimum Gasteiger partial charge on any atom is -0.388 e. The molecule has 194 valence electrons. The molecule has 1 aliphatic carbocycles. The summed E-state index contributed by atoms with van der Waals surface area (Å²) in [5, 5.41) is 24.2. The van der Waals surface area contributed by atoms with Gasteiger partial charge in [-0.2, -0.15) is 9.97 Å². The van der Waals surface area contributed by atoms with Crippen LogP contribution in [0.15, 0.2) is 30.6 Å². The summed E-state index contributed by atoms with van der Waals surface area (Å²) in [5.41, 5.74) is 2.81. The maximum atomic E-state index is 11.2. The predicted octanol–water partition coefficient (Wildman–Crippen LogP) is 3.46. The maximum Gasteiger partial charge on any atom is 0.325 e. The number of nitrogens with one attached hydrogen (secondary N) is 1. The smallest absolute Gasteiger partial charge is 0.325 e. The Morgan fingerprint density at radius 3 is 2.50 bits per heavy atom. The summed E-state index contributed by atoms with van der Waals surface area (Å²) in [4.78, 5) is 31.2. The number of ether oxygens (including phenoxy) is 1. The molecule has 1 saturated heterocycles. The monoisotopic (exact) mass is 537 g/mol. The summed E-state index contributed by atoms with van der Waals surface area (Å²) < 4.78 is 18.4. The first kappa shape index (κ1) is 25.5. The van der Waals surface area contributed by atoms with Crippen molar-refractivity contribution in [1.82, 2.24) is 19.5 Å². The standard InChI is InChI=1S/C23H29ClN5O6P/c24-23-27-20(26-15-8-6-14(7-9-15)13-4-2-1-3-5-13)17-21(28-23)29(12-25-17)22-19(31)18(30)16(35-22)10-11-36(32,33)34/h6-9,12-13,16,18-19,22,30-31H,1-5,10-11H2,(H,26,27,28)(H2,32,33,34). The van der Waals surface area contributed by atoms with Crippen LogP contribution in [-0.2, 0) is 9.30 Å². The SMILES string of the molecule is O=P(O)(O)CCC1OC(n2cnc3c(Nc4ccc(C5CCCCC5)cc4)nc(Cl)nc32)C(O)C1O. The minimum absolute atomic E-state index is 0.0448. The van der Waals surface area contributed by atoms with E-state index in [1.165, 1.54) is 48.6 Å². The van der Waals surface area contributed by atoms with Gasteiger partial charge in [0, 0.05) is 5.69 Å². The van der Waals surface area contributed by atoms with Crippen LogP contribution in [0.5, 0.6) is 0 Å². The molecule has 0 amide bonds. The number of rotatable bonds is 7. The van der Waals surface area contributed by atoms with E-state index in [0.29, 0.717) is 17.3 Å². The van der Waals surface area contributed by atoms with Gasteiger partial charge in [0.1, 0.15) is 12.2 Å². The molecule has 1 saturated carbocycles. The molecule has 2 aromatic heterocycles. The maximum absolute atomic E-state index is 11.2. The van der Waals surface area contributed by atoms with Crippen LogP contribution in [0, 0.1) is 0 Å². The van der Waals surface area contributed by atoms with E-state index in [1.54, 1.807) is 0 Å². The first-order valence-electron chi connectivity index (χ1n) is 12.0. The second-order valence-electron chi connectivity index (χ2n) is 9.47. The van der Waals surface area contributed by atoms with Crippen LogP contribution >= 0.6 is 19.2 Å². The predicted molar refractivity (Wildman–Crippen MR) is 133 cm³/mol. The second kappa shape index (κ2) is 10.3. The van der Waals surface area contributed by atoms with Crippen molar-refractivity contribution >= 4 is 41.9 Å². The third kappa shape index (κ3) is 5.43. The molecule has 1 aromatic carbocycles. The van der Waals surface area contributed by atoms with E-state index in [0.717, 1.165) is 5.69 Å². The topological polar surface area (TPSA) is 163 Å². The molecule has 0 radical (unpaired) electrons. The summed E-state index contributed by atoms with van der Waals surface area (Å²) in [7, 11) is -4.28. The first-order valence-corrected chi connectivity index (χ1v) is 14.2. The molecule has 5 N–H and O–H groups in total. The number of nitrogens with zero attached hydrogens (tertiary/aromatic N) is 4. The highest BCUT2D eigenvalue weighted by atomic mass is 35.5. The number of benzene rings is 1. The second-order valence-corrected chi connectivity index (χ2v) is 11.6. The van der Waals surface area contributed by atoms with Gasteiger partial charge in [0.15, 0.2) is 23.2 Å².